The molecule has 30 heavy (non-hydrogen) atoms. The fraction of sp³-hybridized carbons (Fsp3) is 1.00. The molecule has 0 aromatic heterocycles. The normalized spacial score (nSPS) is 39.7. The lowest BCUT2D eigenvalue weighted by Crippen LogP contribution is -2.75. The van der Waals surface area contributed by atoms with E-state index in [1.165, 1.54) is 39.0 Å². The van der Waals surface area contributed by atoms with Crippen LogP contribution in [0.25, 0.3) is 0 Å². The second kappa shape index (κ2) is 7.73. The van der Waals surface area contributed by atoms with E-state index >= 15 is 0 Å². The van der Waals surface area contributed by atoms with Crippen molar-refractivity contribution in [1.29, 1.82) is 0 Å². The van der Waals surface area contributed by atoms with Gasteiger partial charge in [0.1, 0.15) is 0 Å². The van der Waals surface area contributed by atoms with E-state index < -0.39 is 0 Å². The van der Waals surface area contributed by atoms with Gasteiger partial charge in [-0.3, -0.25) is 9.80 Å². The first-order valence-electron chi connectivity index (χ1n) is 12.7. The molecule has 6 fully saturated rings. The van der Waals surface area contributed by atoms with Crippen molar-refractivity contribution in [1.82, 2.24) is 9.80 Å². The van der Waals surface area contributed by atoms with E-state index in [1.807, 2.05) is 0 Å². The monoisotopic (exact) mass is 419 g/mol. The first-order valence-corrected chi connectivity index (χ1v) is 12.7. The van der Waals surface area contributed by atoms with Crippen molar-refractivity contribution in [2.45, 2.75) is 106 Å². The Kier molecular flexibility index (Phi) is 6.32. The van der Waals surface area contributed by atoms with Gasteiger partial charge in [0.15, 0.2) is 0 Å². The van der Waals surface area contributed by atoms with Crippen molar-refractivity contribution in [3.8, 4) is 0 Å². The molecule has 2 saturated carbocycles. The van der Waals surface area contributed by atoms with E-state index in [1.54, 1.807) is 0 Å². The van der Waals surface area contributed by atoms with E-state index in [4.69, 9.17) is 5.73 Å². The third kappa shape index (κ3) is 4.37. The maximum atomic E-state index is 6.57. The van der Waals surface area contributed by atoms with E-state index in [0.717, 1.165) is 29.6 Å². The quantitative estimate of drug-likeness (QED) is 0.610. The minimum absolute atomic E-state index is 0.141. The molecule has 0 radical (unpaired) electrons. The summed E-state index contributed by atoms with van der Waals surface area (Å²) < 4.78 is 0. The second-order valence-electron chi connectivity index (χ2n) is 14.6. The summed E-state index contributed by atoms with van der Waals surface area (Å²) in [6.45, 7) is 30.9. The molecule has 3 nitrogen and oxygen atoms in total. The summed E-state index contributed by atoms with van der Waals surface area (Å²) in [6.07, 6.45) is 2.86. The highest BCUT2D eigenvalue weighted by Crippen LogP contribution is 2.54. The third-order valence-corrected chi connectivity index (χ3v) is 9.29. The maximum absolute atomic E-state index is 6.57. The summed E-state index contributed by atoms with van der Waals surface area (Å²) in [6, 6.07) is 0. The van der Waals surface area contributed by atoms with Crippen LogP contribution in [0.1, 0.15) is 89.0 Å². The lowest BCUT2D eigenvalue weighted by atomic mass is 9.52. The Balaban J connectivity index is 0.000000171. The van der Waals surface area contributed by atoms with Crippen molar-refractivity contribution in [2.75, 3.05) is 26.2 Å². The maximum Gasteiger partial charge on any atom is 0.0259 e. The first-order chi connectivity index (χ1) is 13.5. The number of fused-ring (bicyclic) bond motifs is 4. The van der Waals surface area contributed by atoms with Gasteiger partial charge in [-0.05, 0) is 95.3 Å². The molecule has 4 unspecified atom stereocenters. The molecule has 4 heterocycles. The predicted molar refractivity (Wildman–Crippen MR) is 131 cm³/mol. The smallest absolute Gasteiger partial charge is 0.0259 e. The highest BCUT2D eigenvalue weighted by Gasteiger charge is 2.58. The highest BCUT2D eigenvalue weighted by molar-refractivity contribution is 5.14. The lowest BCUT2D eigenvalue weighted by Gasteiger charge is -2.64. The number of hydrogen-bond acceptors (Lipinski definition) is 3. The Bertz CT molecular complexity index is 579. The van der Waals surface area contributed by atoms with Crippen LogP contribution in [0.15, 0.2) is 0 Å². The van der Waals surface area contributed by atoms with Gasteiger partial charge in [-0.25, -0.2) is 0 Å². The molecule has 176 valence electrons. The molecule has 2 N–H and O–H groups in total. The summed E-state index contributed by atoms with van der Waals surface area (Å²) in [5.74, 6) is 5.02. The molecule has 0 amide bonds. The summed E-state index contributed by atoms with van der Waals surface area (Å²) in [4.78, 5) is 5.30. The summed E-state index contributed by atoms with van der Waals surface area (Å²) in [5.41, 5.74) is 7.93. The van der Waals surface area contributed by atoms with Gasteiger partial charge >= 0.3 is 0 Å². The van der Waals surface area contributed by atoms with E-state index in [2.05, 4.69) is 86.0 Å². The Morgan fingerprint density at radius 2 is 1.10 bits per heavy atom. The molecule has 0 aromatic carbocycles. The van der Waals surface area contributed by atoms with Crippen LogP contribution < -0.4 is 5.73 Å². The van der Waals surface area contributed by atoms with Gasteiger partial charge in [0.2, 0.25) is 0 Å². The van der Waals surface area contributed by atoms with Crippen molar-refractivity contribution < 1.29 is 0 Å². The molecule has 6 aliphatic rings. The molecular formula is C27H53N3. The van der Waals surface area contributed by atoms with Crippen LogP contribution in [0.3, 0.4) is 0 Å². The fourth-order valence-corrected chi connectivity index (χ4v) is 7.34. The topological polar surface area (TPSA) is 32.5 Å². The summed E-state index contributed by atoms with van der Waals surface area (Å²) in [7, 11) is 0. The summed E-state index contributed by atoms with van der Waals surface area (Å²) in [5, 5.41) is 0. The number of rotatable bonds is 1. The average Bonchev–Trinajstić information content (AvgIpc) is 2.58. The third-order valence-electron chi connectivity index (χ3n) is 9.29. The van der Waals surface area contributed by atoms with Crippen LogP contribution in [0, 0.1) is 40.9 Å². The average molecular weight is 420 g/mol. The van der Waals surface area contributed by atoms with Crippen molar-refractivity contribution in [3.05, 3.63) is 0 Å². The van der Waals surface area contributed by atoms with E-state index in [9.17, 15) is 0 Å². The van der Waals surface area contributed by atoms with Gasteiger partial charge in [-0.2, -0.15) is 0 Å². The standard InChI is InChI=1S/C14H27N.C13H26N2/c1-13(2,3)12-10-7-11(12)9-15(8-10)14(4,5)6;1-9(2)13(14)10-6-11(13)8-15(7-10)12(3,4)5/h10-12H,7-9H2,1-6H3;9-11H,6-8,14H2,1-5H3. The molecule has 4 aliphatic heterocycles. The number of nitrogens with two attached hydrogens (primary N) is 1. The van der Waals surface area contributed by atoms with Crippen LogP contribution in [0.5, 0.6) is 0 Å². The zero-order valence-corrected chi connectivity index (χ0v) is 22.2. The van der Waals surface area contributed by atoms with Gasteiger partial charge in [-0.15, -0.1) is 0 Å². The lowest BCUT2D eigenvalue weighted by molar-refractivity contribution is -0.119. The van der Waals surface area contributed by atoms with Crippen molar-refractivity contribution in [2.24, 2.45) is 46.7 Å². The van der Waals surface area contributed by atoms with E-state index in [-0.39, 0.29) is 5.54 Å². The van der Waals surface area contributed by atoms with Crippen LogP contribution >= 0.6 is 0 Å². The van der Waals surface area contributed by atoms with Crippen molar-refractivity contribution in [3.63, 3.8) is 0 Å². The largest absolute Gasteiger partial charge is 0.324 e. The molecule has 0 aromatic rings. The molecule has 3 heteroatoms. The van der Waals surface area contributed by atoms with Crippen LogP contribution in [0.2, 0.25) is 0 Å². The van der Waals surface area contributed by atoms with Crippen LogP contribution in [-0.2, 0) is 0 Å². The summed E-state index contributed by atoms with van der Waals surface area (Å²) >= 11 is 0. The Morgan fingerprint density at radius 3 is 1.43 bits per heavy atom. The zero-order chi connectivity index (χ0) is 22.9. The Hall–Kier alpha value is -0.120. The minimum Gasteiger partial charge on any atom is -0.324 e. The van der Waals surface area contributed by atoms with Crippen molar-refractivity contribution >= 4 is 0 Å². The second-order valence-corrected chi connectivity index (χ2v) is 14.6. The fourth-order valence-electron chi connectivity index (χ4n) is 7.34. The number of piperidine rings is 4. The van der Waals surface area contributed by atoms with Gasteiger partial charge in [0, 0.05) is 42.8 Å². The molecular weight excluding hydrogens is 366 g/mol. The highest BCUT2D eigenvalue weighted by atomic mass is 15.2. The predicted octanol–water partition coefficient (Wildman–Crippen LogP) is 5.49. The zero-order valence-electron chi connectivity index (χ0n) is 22.2. The van der Waals surface area contributed by atoms with Gasteiger partial charge in [-0.1, -0.05) is 34.6 Å². The molecule has 4 atom stereocenters. The molecule has 0 spiro atoms. The van der Waals surface area contributed by atoms with E-state index in [0.29, 0.717) is 22.4 Å². The van der Waals surface area contributed by atoms with Crippen LogP contribution in [-0.4, -0.2) is 52.6 Å². The Morgan fingerprint density at radius 1 is 0.700 bits per heavy atom. The molecule has 2 aliphatic carbocycles. The van der Waals surface area contributed by atoms with Gasteiger partial charge in [0.25, 0.3) is 0 Å². The minimum atomic E-state index is 0.141. The van der Waals surface area contributed by atoms with Crippen LogP contribution in [0.4, 0.5) is 0 Å². The SMILES string of the molecule is CC(C)(C)C1C2CC1CN(C(C)(C)C)C2.CC(C)C1(N)C2CC1CN(C(C)(C)C)C2. The Labute approximate surface area is 188 Å². The van der Waals surface area contributed by atoms with Gasteiger partial charge in [0.05, 0.1) is 0 Å². The number of hydrogen-bond donors (Lipinski definition) is 1. The first kappa shape index (κ1) is 24.5. The van der Waals surface area contributed by atoms with Gasteiger partial charge < -0.3 is 5.73 Å². The molecule has 6 rings (SSSR count). The molecule has 4 saturated heterocycles. The number of nitrogens with zero attached hydrogens (tertiary/aromatic N) is 2. The molecule has 4 bridgehead atoms.